The van der Waals surface area contributed by atoms with E-state index in [0.717, 1.165) is 37.6 Å². The van der Waals surface area contributed by atoms with Crippen molar-refractivity contribution < 1.29 is 4.74 Å². The Labute approximate surface area is 120 Å². The number of anilines is 1. The summed E-state index contributed by atoms with van der Waals surface area (Å²) in [5.74, 6) is 1.92. The van der Waals surface area contributed by atoms with Gasteiger partial charge in [0, 0.05) is 12.2 Å². The number of ether oxygens (including phenoxy) is 1. The van der Waals surface area contributed by atoms with E-state index in [-0.39, 0.29) is 0 Å². The van der Waals surface area contributed by atoms with E-state index in [1.165, 1.54) is 24.1 Å². The van der Waals surface area contributed by atoms with Crippen molar-refractivity contribution in [1.82, 2.24) is 4.98 Å². The minimum absolute atomic E-state index is 0.724. The molecule has 0 radical (unpaired) electrons. The fraction of sp³-hybridized carbons (Fsp3) is 0.353. The van der Waals surface area contributed by atoms with Crippen molar-refractivity contribution in [1.29, 1.82) is 0 Å². The van der Waals surface area contributed by atoms with E-state index in [4.69, 9.17) is 4.74 Å². The Morgan fingerprint density at radius 2 is 1.95 bits per heavy atom. The van der Waals surface area contributed by atoms with Crippen molar-refractivity contribution in [2.75, 3.05) is 18.5 Å². The van der Waals surface area contributed by atoms with Gasteiger partial charge in [-0.05, 0) is 49.4 Å². The first-order valence-electron chi connectivity index (χ1n) is 7.32. The smallest absolute Gasteiger partial charge is 0.126 e. The lowest BCUT2D eigenvalue weighted by molar-refractivity contribution is 0.315. The van der Waals surface area contributed by atoms with E-state index in [1.807, 2.05) is 30.3 Å². The second kappa shape index (κ2) is 6.42. The summed E-state index contributed by atoms with van der Waals surface area (Å²) >= 11 is 0. The normalized spacial score (nSPS) is 13.0. The minimum atomic E-state index is 0.724. The third kappa shape index (κ3) is 3.29. The number of fused-ring (bicyclic) bond motifs is 1. The Morgan fingerprint density at radius 1 is 1.05 bits per heavy atom. The van der Waals surface area contributed by atoms with E-state index in [0.29, 0.717) is 0 Å². The quantitative estimate of drug-likeness (QED) is 0.815. The van der Waals surface area contributed by atoms with Crippen molar-refractivity contribution in [3.63, 3.8) is 0 Å². The lowest BCUT2D eigenvalue weighted by Crippen LogP contribution is -2.08. The summed E-state index contributed by atoms with van der Waals surface area (Å²) in [4.78, 5) is 4.66. The van der Waals surface area contributed by atoms with Crippen molar-refractivity contribution in [3.8, 4) is 5.75 Å². The average Bonchev–Trinajstić information content (AvgIpc) is 2.95. The van der Waals surface area contributed by atoms with E-state index in [2.05, 4.69) is 22.4 Å². The molecule has 0 aliphatic heterocycles. The molecule has 3 rings (SSSR count). The van der Waals surface area contributed by atoms with Crippen LogP contribution in [0.3, 0.4) is 0 Å². The fourth-order valence-corrected chi connectivity index (χ4v) is 2.51. The van der Waals surface area contributed by atoms with Crippen LogP contribution in [0.2, 0.25) is 0 Å². The number of nitrogens with zero attached hydrogens (tertiary/aromatic N) is 1. The van der Waals surface area contributed by atoms with Crippen LogP contribution in [0.1, 0.15) is 24.1 Å². The maximum atomic E-state index is 5.66. The van der Waals surface area contributed by atoms with E-state index in [9.17, 15) is 0 Å². The molecule has 20 heavy (non-hydrogen) atoms. The first-order valence-corrected chi connectivity index (χ1v) is 7.32. The SMILES string of the molecule is c1ccc(OCCCNc2ccc3c(n2)CCC3)cc1. The molecular formula is C17H20N2O. The topological polar surface area (TPSA) is 34.1 Å². The highest BCUT2D eigenvalue weighted by Gasteiger charge is 2.11. The summed E-state index contributed by atoms with van der Waals surface area (Å²) in [6, 6.07) is 14.2. The Balaban J connectivity index is 1.40. The molecule has 0 atom stereocenters. The zero-order valence-corrected chi connectivity index (χ0v) is 11.6. The van der Waals surface area contributed by atoms with E-state index >= 15 is 0 Å². The number of aryl methyl sites for hydroxylation is 2. The van der Waals surface area contributed by atoms with Gasteiger partial charge in [0.25, 0.3) is 0 Å². The van der Waals surface area contributed by atoms with Crippen LogP contribution in [-0.4, -0.2) is 18.1 Å². The Hall–Kier alpha value is -2.03. The predicted octanol–water partition coefficient (Wildman–Crippen LogP) is 3.45. The molecule has 0 saturated heterocycles. The molecule has 0 fully saturated rings. The van der Waals surface area contributed by atoms with Gasteiger partial charge in [-0.2, -0.15) is 0 Å². The number of hydrogen-bond donors (Lipinski definition) is 1. The lowest BCUT2D eigenvalue weighted by Gasteiger charge is -2.08. The van der Waals surface area contributed by atoms with Crippen molar-refractivity contribution in [2.45, 2.75) is 25.7 Å². The number of nitrogens with one attached hydrogen (secondary N) is 1. The summed E-state index contributed by atoms with van der Waals surface area (Å²) in [6.07, 6.45) is 4.53. The molecule has 0 amide bonds. The maximum Gasteiger partial charge on any atom is 0.126 e. The van der Waals surface area contributed by atoms with Gasteiger partial charge in [0.2, 0.25) is 0 Å². The van der Waals surface area contributed by atoms with Crippen LogP contribution in [0.15, 0.2) is 42.5 Å². The van der Waals surface area contributed by atoms with Gasteiger partial charge in [0.15, 0.2) is 0 Å². The molecule has 104 valence electrons. The highest BCUT2D eigenvalue weighted by Crippen LogP contribution is 2.21. The summed E-state index contributed by atoms with van der Waals surface area (Å²) in [5, 5.41) is 3.37. The lowest BCUT2D eigenvalue weighted by atomic mass is 10.2. The molecule has 3 nitrogen and oxygen atoms in total. The van der Waals surface area contributed by atoms with Gasteiger partial charge in [-0.3, -0.25) is 0 Å². The molecular weight excluding hydrogens is 248 g/mol. The van der Waals surface area contributed by atoms with Crippen LogP contribution in [0.4, 0.5) is 5.82 Å². The van der Waals surface area contributed by atoms with Gasteiger partial charge >= 0.3 is 0 Å². The first-order chi connectivity index (χ1) is 9.92. The van der Waals surface area contributed by atoms with Gasteiger partial charge in [0.05, 0.1) is 6.61 Å². The van der Waals surface area contributed by atoms with Gasteiger partial charge in [-0.15, -0.1) is 0 Å². The Kier molecular flexibility index (Phi) is 4.16. The van der Waals surface area contributed by atoms with E-state index < -0.39 is 0 Å². The molecule has 1 aliphatic carbocycles. The molecule has 2 aromatic rings. The second-order valence-corrected chi connectivity index (χ2v) is 5.10. The molecule has 1 aliphatic rings. The summed E-state index contributed by atoms with van der Waals surface area (Å²) in [5.41, 5.74) is 2.69. The predicted molar refractivity (Wildman–Crippen MR) is 81.3 cm³/mol. The Morgan fingerprint density at radius 3 is 2.85 bits per heavy atom. The number of benzene rings is 1. The zero-order valence-electron chi connectivity index (χ0n) is 11.6. The van der Waals surface area contributed by atoms with Crippen LogP contribution in [-0.2, 0) is 12.8 Å². The second-order valence-electron chi connectivity index (χ2n) is 5.10. The summed E-state index contributed by atoms with van der Waals surface area (Å²) < 4.78 is 5.66. The number of rotatable bonds is 6. The molecule has 1 heterocycles. The molecule has 0 spiro atoms. The van der Waals surface area contributed by atoms with Crippen LogP contribution in [0, 0.1) is 0 Å². The first kappa shape index (κ1) is 13.0. The van der Waals surface area contributed by atoms with Crippen LogP contribution >= 0.6 is 0 Å². The number of pyridine rings is 1. The van der Waals surface area contributed by atoms with Crippen molar-refractivity contribution in [3.05, 3.63) is 53.7 Å². The third-order valence-corrected chi connectivity index (χ3v) is 3.57. The summed E-state index contributed by atoms with van der Waals surface area (Å²) in [7, 11) is 0. The zero-order chi connectivity index (χ0) is 13.6. The van der Waals surface area contributed by atoms with Gasteiger partial charge in [-0.1, -0.05) is 24.3 Å². The molecule has 0 unspecified atom stereocenters. The van der Waals surface area contributed by atoms with Crippen molar-refractivity contribution >= 4 is 5.82 Å². The van der Waals surface area contributed by atoms with Crippen LogP contribution < -0.4 is 10.1 Å². The number of aromatic nitrogens is 1. The monoisotopic (exact) mass is 268 g/mol. The third-order valence-electron chi connectivity index (χ3n) is 3.57. The van der Waals surface area contributed by atoms with Crippen LogP contribution in [0.5, 0.6) is 5.75 Å². The average molecular weight is 268 g/mol. The van der Waals surface area contributed by atoms with Gasteiger partial charge < -0.3 is 10.1 Å². The molecule has 1 N–H and O–H groups in total. The number of hydrogen-bond acceptors (Lipinski definition) is 3. The summed E-state index contributed by atoms with van der Waals surface area (Å²) in [6.45, 7) is 1.61. The number of para-hydroxylation sites is 1. The Bertz CT molecular complexity index is 554. The van der Waals surface area contributed by atoms with Gasteiger partial charge in [0.1, 0.15) is 11.6 Å². The molecule has 0 saturated carbocycles. The highest BCUT2D eigenvalue weighted by molar-refractivity contribution is 5.40. The minimum Gasteiger partial charge on any atom is -0.494 e. The van der Waals surface area contributed by atoms with Crippen molar-refractivity contribution in [2.24, 2.45) is 0 Å². The van der Waals surface area contributed by atoms with Crippen LogP contribution in [0.25, 0.3) is 0 Å². The maximum absolute atomic E-state index is 5.66. The molecule has 0 bridgehead atoms. The highest BCUT2D eigenvalue weighted by atomic mass is 16.5. The molecule has 1 aromatic carbocycles. The molecule has 3 heteroatoms. The van der Waals surface area contributed by atoms with Gasteiger partial charge in [-0.25, -0.2) is 4.98 Å². The molecule has 1 aromatic heterocycles. The van der Waals surface area contributed by atoms with E-state index in [1.54, 1.807) is 0 Å². The standard InChI is InChI=1S/C17H20N2O/c1-2-7-15(8-3-1)20-13-5-12-18-17-11-10-14-6-4-9-16(14)19-17/h1-3,7-8,10-11H,4-6,9,12-13H2,(H,18,19). The fourth-order valence-electron chi connectivity index (χ4n) is 2.51. The largest absolute Gasteiger partial charge is 0.494 e.